The quantitative estimate of drug-likeness (QED) is 0.316. The van der Waals surface area contributed by atoms with Crippen molar-refractivity contribution < 1.29 is 4.79 Å². The summed E-state index contributed by atoms with van der Waals surface area (Å²) < 4.78 is 0. The van der Waals surface area contributed by atoms with Crippen LogP contribution < -0.4 is 5.32 Å². The number of anilines is 1. The summed E-state index contributed by atoms with van der Waals surface area (Å²) in [7, 11) is 3.69. The lowest BCUT2D eigenvalue weighted by Crippen LogP contribution is -2.27. The molecule has 178 valence electrons. The van der Waals surface area contributed by atoms with E-state index in [2.05, 4.69) is 46.9 Å². The molecule has 11 heteroatoms. The molecule has 0 radical (unpaired) electrons. The molecule has 0 atom stereocenters. The zero-order valence-electron chi connectivity index (χ0n) is 19.5. The largest absolute Gasteiger partial charge is 0.335 e. The Morgan fingerprint density at radius 2 is 1.94 bits per heavy atom. The van der Waals surface area contributed by atoms with Crippen LogP contribution in [0, 0.1) is 0 Å². The van der Waals surface area contributed by atoms with Gasteiger partial charge in [-0.05, 0) is 48.6 Å². The number of aromatic nitrogens is 7. The summed E-state index contributed by atoms with van der Waals surface area (Å²) in [5.41, 5.74) is 7.30. The van der Waals surface area contributed by atoms with Crippen molar-refractivity contribution in [2.24, 2.45) is 0 Å². The number of nitrogens with zero attached hydrogens (tertiary/aromatic N) is 6. The van der Waals surface area contributed by atoms with Crippen molar-refractivity contribution in [3.63, 3.8) is 0 Å². The van der Waals surface area contributed by atoms with Crippen molar-refractivity contribution in [3.05, 3.63) is 59.9 Å². The van der Waals surface area contributed by atoms with Gasteiger partial charge in [0.2, 0.25) is 5.91 Å². The van der Waals surface area contributed by atoms with Crippen LogP contribution >= 0.6 is 11.3 Å². The number of likely N-dealkylation sites (N-methyl/N-ethyl adjacent to an activating group) is 1. The Morgan fingerprint density at radius 1 is 1.06 bits per heavy atom. The molecule has 6 heterocycles. The second-order valence-electron chi connectivity index (χ2n) is 8.62. The van der Waals surface area contributed by atoms with E-state index in [9.17, 15) is 4.79 Å². The van der Waals surface area contributed by atoms with Crippen molar-refractivity contribution in [3.8, 4) is 33.9 Å². The van der Waals surface area contributed by atoms with E-state index < -0.39 is 0 Å². The number of imidazole rings is 1. The third-order valence-corrected chi connectivity index (χ3v) is 6.36. The van der Waals surface area contributed by atoms with Crippen molar-refractivity contribution in [2.75, 3.05) is 26.0 Å². The first-order valence-corrected chi connectivity index (χ1v) is 12.1. The first-order valence-electron chi connectivity index (χ1n) is 11.2. The number of thiophene rings is 1. The summed E-state index contributed by atoms with van der Waals surface area (Å²) in [6, 6.07) is 5.86. The van der Waals surface area contributed by atoms with Gasteiger partial charge in [0.1, 0.15) is 11.2 Å². The van der Waals surface area contributed by atoms with Crippen molar-refractivity contribution in [1.29, 1.82) is 0 Å². The van der Waals surface area contributed by atoms with Gasteiger partial charge in [-0.25, -0.2) is 4.98 Å². The molecule has 1 amide bonds. The van der Waals surface area contributed by atoms with Crippen LogP contribution in [0.25, 0.3) is 55.8 Å². The summed E-state index contributed by atoms with van der Waals surface area (Å²) in [5, 5.41) is 15.4. The Bertz CT molecular complexity index is 1700. The molecule has 0 aromatic carbocycles. The van der Waals surface area contributed by atoms with Crippen LogP contribution in [0.15, 0.2) is 59.9 Å². The van der Waals surface area contributed by atoms with Crippen LogP contribution in [0.5, 0.6) is 0 Å². The number of nitrogens with one attached hydrogen (secondary N) is 3. The topological polar surface area (TPSA) is 128 Å². The fourth-order valence-corrected chi connectivity index (χ4v) is 4.72. The van der Waals surface area contributed by atoms with Crippen LogP contribution in [0.2, 0.25) is 0 Å². The highest BCUT2D eigenvalue weighted by Crippen LogP contribution is 2.32. The highest BCUT2D eigenvalue weighted by atomic mass is 32.1. The predicted octanol–water partition coefficient (Wildman–Crippen LogP) is 4.19. The van der Waals surface area contributed by atoms with E-state index in [1.807, 2.05) is 37.8 Å². The zero-order chi connectivity index (χ0) is 24.6. The maximum absolute atomic E-state index is 12.2. The number of rotatable bonds is 6. The average molecular weight is 496 g/mol. The normalized spacial score (nSPS) is 11.5. The molecular formula is C25H21N9OS. The predicted molar refractivity (Wildman–Crippen MR) is 140 cm³/mol. The van der Waals surface area contributed by atoms with Crippen molar-refractivity contribution in [2.45, 2.75) is 0 Å². The summed E-state index contributed by atoms with van der Waals surface area (Å²) in [6.45, 7) is 0.286. The standard InChI is InChI=1S/C25H21N9OS/c1-34(2)12-22(35)29-16-5-15(7-26-8-16)19-6-17-20(11-28-19)32-33-24(17)25-30-21-10-27-9-18(23(21)31-25)14-3-4-36-13-14/h3-11,13H,12H2,1-2H3,(H,29,35)(H,30,31)(H,32,33). The van der Waals surface area contributed by atoms with Gasteiger partial charge in [-0.2, -0.15) is 16.4 Å². The fourth-order valence-electron chi connectivity index (χ4n) is 4.07. The maximum Gasteiger partial charge on any atom is 0.238 e. The Hall–Kier alpha value is -4.48. The van der Waals surface area contributed by atoms with Crippen LogP contribution in [0.3, 0.4) is 0 Å². The molecule has 6 aromatic heterocycles. The first kappa shape index (κ1) is 22.0. The number of carbonyl (C=O) groups excluding carboxylic acids is 1. The molecule has 36 heavy (non-hydrogen) atoms. The third kappa shape index (κ3) is 4.10. The SMILES string of the molecule is CN(C)CC(=O)Nc1cncc(-c2cc3c(-c4nc5c(-c6ccsc6)cncc5[nH]4)n[nH]c3cn2)c1. The van der Waals surface area contributed by atoms with Gasteiger partial charge in [0.25, 0.3) is 0 Å². The fraction of sp³-hybridized carbons (Fsp3) is 0.120. The van der Waals surface area contributed by atoms with E-state index in [4.69, 9.17) is 4.98 Å². The van der Waals surface area contributed by atoms with Crippen molar-refractivity contribution in [1.82, 2.24) is 40.0 Å². The van der Waals surface area contributed by atoms with Gasteiger partial charge in [0.15, 0.2) is 5.82 Å². The number of hydrogen-bond donors (Lipinski definition) is 3. The van der Waals surface area contributed by atoms with Gasteiger partial charge < -0.3 is 15.2 Å². The second-order valence-corrected chi connectivity index (χ2v) is 9.40. The van der Waals surface area contributed by atoms with E-state index in [-0.39, 0.29) is 12.5 Å². The van der Waals surface area contributed by atoms with Gasteiger partial charge in [-0.1, -0.05) is 0 Å². The van der Waals surface area contributed by atoms with Crippen LogP contribution in [-0.2, 0) is 4.79 Å². The molecule has 0 saturated heterocycles. The number of pyridine rings is 3. The zero-order valence-corrected chi connectivity index (χ0v) is 20.3. The molecule has 0 bridgehead atoms. The second kappa shape index (κ2) is 8.95. The van der Waals surface area contributed by atoms with Gasteiger partial charge >= 0.3 is 0 Å². The van der Waals surface area contributed by atoms with E-state index in [1.165, 1.54) is 0 Å². The molecular weight excluding hydrogens is 474 g/mol. The molecule has 6 rings (SSSR count). The number of hydrogen-bond acceptors (Lipinski definition) is 8. The Balaban J connectivity index is 1.38. The molecule has 6 aromatic rings. The minimum atomic E-state index is -0.110. The minimum absolute atomic E-state index is 0.110. The van der Waals surface area contributed by atoms with E-state index in [0.717, 1.165) is 38.6 Å². The van der Waals surface area contributed by atoms with Crippen molar-refractivity contribution >= 4 is 44.9 Å². The molecule has 0 unspecified atom stereocenters. The molecule has 0 fully saturated rings. The van der Waals surface area contributed by atoms with Gasteiger partial charge in [-0.3, -0.25) is 24.8 Å². The van der Waals surface area contributed by atoms with E-state index in [0.29, 0.717) is 22.9 Å². The Labute approximate surface area is 209 Å². The highest BCUT2D eigenvalue weighted by molar-refractivity contribution is 7.08. The van der Waals surface area contributed by atoms with Crippen LogP contribution in [-0.4, -0.2) is 66.6 Å². The lowest BCUT2D eigenvalue weighted by Gasteiger charge is -2.10. The number of H-pyrrole nitrogens is 2. The molecule has 0 aliphatic carbocycles. The molecule has 3 N–H and O–H groups in total. The third-order valence-electron chi connectivity index (χ3n) is 5.68. The van der Waals surface area contributed by atoms with E-state index in [1.54, 1.807) is 41.0 Å². The lowest BCUT2D eigenvalue weighted by atomic mass is 10.1. The number of aromatic amines is 2. The number of fused-ring (bicyclic) bond motifs is 2. The van der Waals surface area contributed by atoms with Crippen LogP contribution in [0.1, 0.15) is 0 Å². The monoisotopic (exact) mass is 495 g/mol. The molecule has 0 saturated carbocycles. The number of amides is 1. The lowest BCUT2D eigenvalue weighted by molar-refractivity contribution is -0.116. The van der Waals surface area contributed by atoms with Gasteiger partial charge in [-0.15, -0.1) is 0 Å². The van der Waals surface area contributed by atoms with Gasteiger partial charge in [0.05, 0.1) is 47.6 Å². The van der Waals surface area contributed by atoms with E-state index >= 15 is 0 Å². The minimum Gasteiger partial charge on any atom is -0.335 e. The van der Waals surface area contributed by atoms with Gasteiger partial charge in [0, 0.05) is 28.9 Å². The smallest absolute Gasteiger partial charge is 0.238 e. The summed E-state index contributed by atoms with van der Waals surface area (Å²) >= 11 is 1.63. The average Bonchev–Trinajstić information content (AvgIpc) is 3.62. The molecule has 0 spiro atoms. The maximum atomic E-state index is 12.2. The number of carbonyl (C=O) groups is 1. The molecule has 0 aliphatic rings. The summed E-state index contributed by atoms with van der Waals surface area (Å²) in [6.07, 6.45) is 8.67. The summed E-state index contributed by atoms with van der Waals surface area (Å²) in [4.78, 5) is 35.4. The summed E-state index contributed by atoms with van der Waals surface area (Å²) in [5.74, 6) is 0.529. The Morgan fingerprint density at radius 3 is 2.78 bits per heavy atom. The molecule has 0 aliphatic heterocycles. The molecule has 10 nitrogen and oxygen atoms in total. The van der Waals surface area contributed by atoms with Crippen LogP contribution in [0.4, 0.5) is 5.69 Å². The first-order chi connectivity index (χ1) is 17.5. The Kier molecular flexibility index (Phi) is 5.47. The highest BCUT2D eigenvalue weighted by Gasteiger charge is 2.17.